The van der Waals surface area contributed by atoms with Crippen LogP contribution >= 0.6 is 11.6 Å². The van der Waals surface area contributed by atoms with Gasteiger partial charge in [-0.05, 0) is 39.7 Å². The number of rotatable bonds is 3. The third-order valence-electron chi connectivity index (χ3n) is 3.76. The summed E-state index contributed by atoms with van der Waals surface area (Å²) in [6.07, 6.45) is 1.37. The highest BCUT2D eigenvalue weighted by atomic mass is 35.5. The van der Waals surface area contributed by atoms with Crippen molar-refractivity contribution in [3.05, 3.63) is 34.6 Å². The second kappa shape index (κ2) is 7.49. The fraction of sp³-hybridized carbons (Fsp3) is 0.588. The molecule has 1 aliphatic heterocycles. The van der Waals surface area contributed by atoms with Gasteiger partial charge in [-0.25, -0.2) is 9.18 Å². The van der Waals surface area contributed by atoms with E-state index in [0.29, 0.717) is 25.2 Å². The Morgan fingerprint density at radius 2 is 2.04 bits per heavy atom. The highest BCUT2D eigenvalue weighted by molar-refractivity contribution is 6.30. The molecule has 0 aromatic heterocycles. The molecule has 1 aliphatic rings. The number of nitrogens with one attached hydrogen (secondary N) is 1. The zero-order valence-corrected chi connectivity index (χ0v) is 14.6. The molecule has 1 heterocycles. The second-order valence-electron chi connectivity index (χ2n) is 6.84. The number of nitrogens with zero attached hydrogens (tertiary/aromatic N) is 1. The summed E-state index contributed by atoms with van der Waals surface area (Å²) in [6, 6.07) is 5.27. The molecule has 1 aromatic carbocycles. The maximum Gasteiger partial charge on any atom is 0.410 e. The Kier molecular flexibility index (Phi) is 5.87. The molecule has 0 aliphatic carbocycles. The smallest absolute Gasteiger partial charge is 0.410 e. The van der Waals surface area contributed by atoms with Crippen molar-refractivity contribution in [3.63, 3.8) is 0 Å². The van der Waals surface area contributed by atoms with Gasteiger partial charge in [-0.15, -0.1) is 0 Å². The van der Waals surface area contributed by atoms with Gasteiger partial charge in [-0.3, -0.25) is 0 Å². The van der Waals surface area contributed by atoms with Gasteiger partial charge < -0.3 is 15.0 Å². The Bertz CT molecular complexity index is 552. The summed E-state index contributed by atoms with van der Waals surface area (Å²) < 4.78 is 19.2. The second-order valence-corrected chi connectivity index (χ2v) is 7.24. The van der Waals surface area contributed by atoms with E-state index in [-0.39, 0.29) is 23.0 Å². The van der Waals surface area contributed by atoms with Crippen LogP contribution in [-0.2, 0) is 11.3 Å². The monoisotopic (exact) mass is 342 g/mol. The van der Waals surface area contributed by atoms with Crippen LogP contribution in [-0.4, -0.2) is 35.7 Å². The molecule has 2 rings (SSSR count). The Hall–Kier alpha value is -1.33. The van der Waals surface area contributed by atoms with Crippen LogP contribution in [0.25, 0.3) is 0 Å². The van der Waals surface area contributed by atoms with Crippen molar-refractivity contribution in [2.75, 3.05) is 13.1 Å². The summed E-state index contributed by atoms with van der Waals surface area (Å²) in [6.45, 7) is 7.30. The van der Waals surface area contributed by atoms with Gasteiger partial charge >= 0.3 is 6.09 Å². The highest BCUT2D eigenvalue weighted by Gasteiger charge is 2.26. The van der Waals surface area contributed by atoms with Crippen LogP contribution in [0, 0.1) is 5.82 Å². The van der Waals surface area contributed by atoms with Gasteiger partial charge in [0.1, 0.15) is 11.4 Å². The number of piperidine rings is 1. The molecule has 6 heteroatoms. The summed E-state index contributed by atoms with van der Waals surface area (Å²) in [5.41, 5.74) is 0.0862. The molecule has 1 amide bonds. The summed E-state index contributed by atoms with van der Waals surface area (Å²) >= 11 is 5.78. The number of hydrogen-bond donors (Lipinski definition) is 1. The molecule has 0 radical (unpaired) electrons. The standard InChI is InChI=1S/C17H24ClFN2O2/c1-17(2,3)23-16(22)21-9-7-13(8-10-21)20-11-12-5-4-6-14(18)15(12)19/h4-6,13,20H,7-11H2,1-3H3. The molecule has 1 N–H and O–H groups in total. The first-order valence-corrected chi connectivity index (χ1v) is 8.28. The lowest BCUT2D eigenvalue weighted by Crippen LogP contribution is -2.46. The molecule has 0 saturated carbocycles. The summed E-state index contributed by atoms with van der Waals surface area (Å²) in [7, 11) is 0. The van der Waals surface area contributed by atoms with Gasteiger partial charge in [0, 0.05) is 31.2 Å². The van der Waals surface area contributed by atoms with Crippen LogP contribution < -0.4 is 5.32 Å². The van der Waals surface area contributed by atoms with Crippen molar-refractivity contribution in [2.45, 2.75) is 51.8 Å². The first kappa shape index (κ1) is 18.0. The summed E-state index contributed by atoms with van der Waals surface area (Å²) in [5, 5.41) is 3.48. The average molecular weight is 343 g/mol. The van der Waals surface area contributed by atoms with Crippen molar-refractivity contribution in [3.8, 4) is 0 Å². The topological polar surface area (TPSA) is 41.6 Å². The molecule has 128 valence electrons. The van der Waals surface area contributed by atoms with E-state index in [1.807, 2.05) is 20.8 Å². The third-order valence-corrected chi connectivity index (χ3v) is 4.05. The van der Waals surface area contributed by atoms with Gasteiger partial charge in [0.2, 0.25) is 0 Å². The predicted molar refractivity (Wildman–Crippen MR) is 89.1 cm³/mol. The fourth-order valence-electron chi connectivity index (χ4n) is 2.53. The number of benzene rings is 1. The van der Waals surface area contributed by atoms with E-state index in [1.54, 1.807) is 23.1 Å². The van der Waals surface area contributed by atoms with Crippen molar-refractivity contribution >= 4 is 17.7 Å². The van der Waals surface area contributed by atoms with Gasteiger partial charge in [0.15, 0.2) is 0 Å². The van der Waals surface area contributed by atoms with Crippen LogP contribution in [0.1, 0.15) is 39.2 Å². The van der Waals surface area contributed by atoms with E-state index in [2.05, 4.69) is 5.32 Å². The van der Waals surface area contributed by atoms with Crippen LogP contribution in [0.3, 0.4) is 0 Å². The van der Waals surface area contributed by atoms with Gasteiger partial charge in [0.25, 0.3) is 0 Å². The van der Waals surface area contributed by atoms with Gasteiger partial charge in [-0.2, -0.15) is 0 Å². The van der Waals surface area contributed by atoms with E-state index < -0.39 is 5.60 Å². The third kappa shape index (κ3) is 5.36. The molecule has 0 bridgehead atoms. The molecule has 1 aromatic rings. The zero-order valence-electron chi connectivity index (χ0n) is 13.9. The van der Waals surface area contributed by atoms with Gasteiger partial charge in [0.05, 0.1) is 5.02 Å². The maximum atomic E-state index is 13.8. The van der Waals surface area contributed by atoms with Crippen molar-refractivity contribution in [1.29, 1.82) is 0 Å². The average Bonchev–Trinajstić information content (AvgIpc) is 2.47. The zero-order chi connectivity index (χ0) is 17.0. The lowest BCUT2D eigenvalue weighted by atomic mass is 10.0. The van der Waals surface area contributed by atoms with Crippen LogP contribution in [0.5, 0.6) is 0 Å². The van der Waals surface area contributed by atoms with Crippen LogP contribution in [0.15, 0.2) is 18.2 Å². The number of halogens is 2. The minimum atomic E-state index is -0.476. The van der Waals surface area contributed by atoms with Gasteiger partial charge in [-0.1, -0.05) is 23.7 Å². The number of ether oxygens (including phenoxy) is 1. The lowest BCUT2D eigenvalue weighted by molar-refractivity contribution is 0.0198. The molecule has 0 spiro atoms. The first-order chi connectivity index (χ1) is 10.8. The van der Waals surface area contributed by atoms with Crippen molar-refractivity contribution < 1.29 is 13.9 Å². The largest absolute Gasteiger partial charge is 0.444 e. The molecule has 1 saturated heterocycles. The summed E-state index contributed by atoms with van der Waals surface area (Å²) in [5.74, 6) is -0.368. The molecular formula is C17H24ClFN2O2. The van der Waals surface area contributed by atoms with E-state index in [0.717, 1.165) is 12.8 Å². The van der Waals surface area contributed by atoms with E-state index in [4.69, 9.17) is 16.3 Å². The van der Waals surface area contributed by atoms with Crippen LogP contribution in [0.2, 0.25) is 5.02 Å². The lowest BCUT2D eigenvalue weighted by Gasteiger charge is -2.33. The first-order valence-electron chi connectivity index (χ1n) is 7.90. The molecular weight excluding hydrogens is 319 g/mol. The van der Waals surface area contributed by atoms with E-state index in [9.17, 15) is 9.18 Å². The number of hydrogen-bond acceptors (Lipinski definition) is 3. The minimum Gasteiger partial charge on any atom is -0.444 e. The molecule has 0 unspecified atom stereocenters. The Morgan fingerprint density at radius 1 is 1.39 bits per heavy atom. The molecule has 0 atom stereocenters. The number of carbonyl (C=O) groups excluding carboxylic acids is 1. The maximum absolute atomic E-state index is 13.8. The Labute approximate surface area is 141 Å². The molecule has 1 fully saturated rings. The van der Waals surface area contributed by atoms with Crippen molar-refractivity contribution in [2.24, 2.45) is 0 Å². The molecule has 23 heavy (non-hydrogen) atoms. The number of likely N-dealkylation sites (tertiary alicyclic amines) is 1. The fourth-order valence-corrected chi connectivity index (χ4v) is 2.73. The minimum absolute atomic E-state index is 0.143. The Balaban J connectivity index is 1.79. The quantitative estimate of drug-likeness (QED) is 0.903. The SMILES string of the molecule is CC(C)(C)OC(=O)N1CCC(NCc2cccc(Cl)c2F)CC1. The van der Waals surface area contributed by atoms with E-state index >= 15 is 0 Å². The van der Waals surface area contributed by atoms with Crippen molar-refractivity contribution in [1.82, 2.24) is 10.2 Å². The number of amides is 1. The van der Waals surface area contributed by atoms with Crippen LogP contribution in [0.4, 0.5) is 9.18 Å². The molecule has 4 nitrogen and oxygen atoms in total. The van der Waals surface area contributed by atoms with E-state index in [1.165, 1.54) is 0 Å². The summed E-state index contributed by atoms with van der Waals surface area (Å²) in [4.78, 5) is 13.7. The predicted octanol–water partition coefficient (Wildman–Crippen LogP) is 3.97. The highest BCUT2D eigenvalue weighted by Crippen LogP contribution is 2.19. The number of carbonyl (C=O) groups is 1. The Morgan fingerprint density at radius 3 is 2.65 bits per heavy atom. The normalized spacial score (nSPS) is 16.5.